The van der Waals surface area contributed by atoms with Crippen molar-refractivity contribution in [3.63, 3.8) is 0 Å². The molecule has 0 amide bonds. The number of aromatic amines is 1. The van der Waals surface area contributed by atoms with E-state index in [4.69, 9.17) is 0 Å². The molecule has 0 bridgehead atoms. The summed E-state index contributed by atoms with van der Waals surface area (Å²) in [7, 11) is 0. The predicted octanol–water partition coefficient (Wildman–Crippen LogP) is 1.86. The summed E-state index contributed by atoms with van der Waals surface area (Å²) in [6, 6.07) is 1.94. The highest BCUT2D eigenvalue weighted by Gasteiger charge is 2.20. The molecule has 0 aliphatic heterocycles. The van der Waals surface area contributed by atoms with E-state index in [0.717, 1.165) is 12.2 Å². The third-order valence-electron chi connectivity index (χ3n) is 3.42. The molecule has 5 heteroatoms. The second-order valence-corrected chi connectivity index (χ2v) is 4.68. The molecule has 2 rings (SSSR count). The van der Waals surface area contributed by atoms with Gasteiger partial charge in [-0.3, -0.25) is 5.10 Å². The molecule has 1 aliphatic rings. The highest BCUT2D eigenvalue weighted by Crippen LogP contribution is 2.26. The van der Waals surface area contributed by atoms with E-state index in [1.165, 1.54) is 32.1 Å². The van der Waals surface area contributed by atoms with Gasteiger partial charge < -0.3 is 10.4 Å². The average molecular weight is 260 g/mol. The molecule has 17 heavy (non-hydrogen) atoms. The molecule has 1 aliphatic carbocycles. The molecule has 98 valence electrons. The van der Waals surface area contributed by atoms with E-state index in [-0.39, 0.29) is 18.5 Å². The molecule has 0 spiro atoms. The summed E-state index contributed by atoms with van der Waals surface area (Å²) in [5.74, 6) is 0.503. The van der Waals surface area contributed by atoms with Gasteiger partial charge in [0.25, 0.3) is 0 Å². The Morgan fingerprint density at radius 1 is 1.41 bits per heavy atom. The van der Waals surface area contributed by atoms with Crippen molar-refractivity contribution in [2.45, 2.75) is 44.8 Å². The topological polar surface area (TPSA) is 60.9 Å². The Morgan fingerprint density at radius 2 is 2.18 bits per heavy atom. The van der Waals surface area contributed by atoms with Crippen molar-refractivity contribution < 1.29 is 5.11 Å². The van der Waals surface area contributed by atoms with Crippen LogP contribution in [0.3, 0.4) is 0 Å². The van der Waals surface area contributed by atoms with Gasteiger partial charge in [0.2, 0.25) is 0 Å². The van der Waals surface area contributed by atoms with E-state index in [1.807, 2.05) is 6.07 Å². The second kappa shape index (κ2) is 7.69. The number of nitrogens with zero attached hydrogens (tertiary/aromatic N) is 1. The summed E-state index contributed by atoms with van der Waals surface area (Å²) >= 11 is 0. The molecule has 1 atom stereocenters. The first kappa shape index (κ1) is 14.5. The fourth-order valence-corrected chi connectivity index (χ4v) is 2.42. The minimum Gasteiger partial charge on any atom is -0.392 e. The maximum atomic E-state index is 10.0. The van der Waals surface area contributed by atoms with Crippen LogP contribution in [-0.4, -0.2) is 28.0 Å². The molecule has 0 aromatic carbocycles. The van der Waals surface area contributed by atoms with Crippen molar-refractivity contribution in [3.05, 3.63) is 18.0 Å². The Morgan fingerprint density at radius 3 is 2.82 bits per heavy atom. The van der Waals surface area contributed by atoms with Gasteiger partial charge in [-0.15, -0.1) is 12.4 Å². The highest BCUT2D eigenvalue weighted by atomic mass is 35.5. The molecular formula is C12H22ClN3O. The molecule has 0 radical (unpaired) electrons. The number of hydrogen-bond acceptors (Lipinski definition) is 3. The van der Waals surface area contributed by atoms with Crippen molar-refractivity contribution in [3.8, 4) is 0 Å². The van der Waals surface area contributed by atoms with Gasteiger partial charge in [0.15, 0.2) is 0 Å². The third-order valence-corrected chi connectivity index (χ3v) is 3.42. The molecule has 3 N–H and O–H groups in total. The van der Waals surface area contributed by atoms with Gasteiger partial charge in [0.1, 0.15) is 0 Å². The fraction of sp³-hybridized carbons (Fsp3) is 0.750. The smallest absolute Gasteiger partial charge is 0.0692 e. The van der Waals surface area contributed by atoms with Crippen LogP contribution in [0.1, 0.15) is 37.8 Å². The Bertz CT molecular complexity index is 286. The Labute approximate surface area is 109 Å². The predicted molar refractivity (Wildman–Crippen MR) is 70.1 cm³/mol. The van der Waals surface area contributed by atoms with Crippen LogP contribution in [0.15, 0.2) is 12.3 Å². The van der Waals surface area contributed by atoms with E-state index >= 15 is 0 Å². The lowest BCUT2D eigenvalue weighted by Gasteiger charge is -2.26. The van der Waals surface area contributed by atoms with Crippen LogP contribution in [-0.2, 0) is 6.54 Å². The second-order valence-electron chi connectivity index (χ2n) is 4.68. The fourth-order valence-electron chi connectivity index (χ4n) is 2.42. The van der Waals surface area contributed by atoms with Gasteiger partial charge in [-0.1, -0.05) is 19.3 Å². The molecule has 4 nitrogen and oxygen atoms in total. The number of rotatable bonds is 5. The quantitative estimate of drug-likeness (QED) is 0.757. The van der Waals surface area contributed by atoms with E-state index in [0.29, 0.717) is 12.5 Å². The van der Waals surface area contributed by atoms with Gasteiger partial charge in [-0.05, 0) is 24.8 Å². The van der Waals surface area contributed by atoms with Crippen molar-refractivity contribution in [2.75, 3.05) is 6.54 Å². The van der Waals surface area contributed by atoms with E-state index in [9.17, 15) is 5.11 Å². The lowest BCUT2D eigenvalue weighted by molar-refractivity contribution is 0.0838. The Hall–Kier alpha value is -0.580. The number of nitrogens with one attached hydrogen (secondary N) is 2. The first-order valence-electron chi connectivity index (χ1n) is 6.23. The summed E-state index contributed by atoms with van der Waals surface area (Å²) < 4.78 is 0. The molecule has 1 aromatic rings. The van der Waals surface area contributed by atoms with Crippen LogP contribution < -0.4 is 5.32 Å². The Balaban J connectivity index is 0.00000144. The third kappa shape index (κ3) is 4.66. The van der Waals surface area contributed by atoms with Crippen LogP contribution in [0.2, 0.25) is 0 Å². The van der Waals surface area contributed by atoms with Crippen LogP contribution >= 0.6 is 12.4 Å². The average Bonchev–Trinajstić information content (AvgIpc) is 2.83. The van der Waals surface area contributed by atoms with Crippen LogP contribution in [0.4, 0.5) is 0 Å². The first-order valence-corrected chi connectivity index (χ1v) is 6.23. The zero-order valence-electron chi connectivity index (χ0n) is 10.1. The number of aromatic nitrogens is 2. The number of aliphatic hydroxyl groups is 1. The first-order chi connectivity index (χ1) is 7.86. The number of hydrogen-bond donors (Lipinski definition) is 3. The van der Waals surface area contributed by atoms with E-state index < -0.39 is 0 Å². The molecule has 0 saturated heterocycles. The van der Waals surface area contributed by atoms with Crippen LogP contribution in [0.25, 0.3) is 0 Å². The molecule has 1 saturated carbocycles. The number of H-pyrrole nitrogens is 1. The summed E-state index contributed by atoms with van der Waals surface area (Å²) in [4.78, 5) is 0. The van der Waals surface area contributed by atoms with Gasteiger partial charge in [0.05, 0.1) is 6.10 Å². The van der Waals surface area contributed by atoms with Crippen LogP contribution in [0.5, 0.6) is 0 Å². The monoisotopic (exact) mass is 259 g/mol. The van der Waals surface area contributed by atoms with Gasteiger partial charge in [-0.2, -0.15) is 5.10 Å². The Kier molecular flexibility index (Phi) is 6.55. The molecule has 1 unspecified atom stereocenters. The minimum atomic E-state index is -0.191. The summed E-state index contributed by atoms with van der Waals surface area (Å²) in [6.45, 7) is 1.44. The number of aliphatic hydroxyl groups excluding tert-OH is 1. The maximum absolute atomic E-state index is 10.0. The zero-order valence-corrected chi connectivity index (χ0v) is 10.9. The van der Waals surface area contributed by atoms with Crippen molar-refractivity contribution >= 4 is 12.4 Å². The van der Waals surface area contributed by atoms with Crippen LogP contribution in [0, 0.1) is 5.92 Å². The van der Waals surface area contributed by atoms with Gasteiger partial charge >= 0.3 is 0 Å². The largest absolute Gasteiger partial charge is 0.392 e. The maximum Gasteiger partial charge on any atom is 0.0692 e. The lowest BCUT2D eigenvalue weighted by Crippen LogP contribution is -2.33. The van der Waals surface area contributed by atoms with E-state index in [1.54, 1.807) is 6.20 Å². The molecule has 1 fully saturated rings. The van der Waals surface area contributed by atoms with Crippen molar-refractivity contribution in [2.24, 2.45) is 5.92 Å². The lowest BCUT2D eigenvalue weighted by atomic mass is 9.85. The molecule has 1 aromatic heterocycles. The van der Waals surface area contributed by atoms with Crippen molar-refractivity contribution in [1.82, 2.24) is 15.5 Å². The summed E-state index contributed by atoms with van der Waals surface area (Å²) in [5, 5.41) is 20.1. The zero-order chi connectivity index (χ0) is 11.2. The normalized spacial score (nSPS) is 18.6. The molecular weight excluding hydrogens is 238 g/mol. The highest BCUT2D eigenvalue weighted by molar-refractivity contribution is 5.85. The summed E-state index contributed by atoms with van der Waals surface area (Å²) in [5.41, 5.74) is 1.07. The van der Waals surface area contributed by atoms with Gasteiger partial charge in [-0.25, -0.2) is 0 Å². The van der Waals surface area contributed by atoms with Gasteiger partial charge in [0, 0.05) is 25.0 Å². The minimum absolute atomic E-state index is 0. The summed E-state index contributed by atoms with van der Waals surface area (Å²) in [6.07, 6.45) is 7.83. The standard InChI is InChI=1S/C12H21N3O.ClH/c16-12(10-4-2-1-3-5-10)9-13-8-11-6-7-14-15-11;/h6-7,10,12-13,16H,1-5,8-9H2,(H,14,15);1H. The number of halogens is 1. The SMILES string of the molecule is Cl.OC(CNCc1ccn[nH]1)C1CCCCC1. The van der Waals surface area contributed by atoms with Crippen molar-refractivity contribution in [1.29, 1.82) is 0 Å². The van der Waals surface area contributed by atoms with E-state index in [2.05, 4.69) is 15.5 Å². The molecule has 1 heterocycles.